The molecule has 1 aromatic carbocycles. The minimum Gasteiger partial charge on any atom is -0.349 e. The van der Waals surface area contributed by atoms with Crippen LogP contribution in [0.15, 0.2) is 24.3 Å². The number of carbonyl (C=O) groups is 1. The largest absolute Gasteiger partial charge is 0.349 e. The van der Waals surface area contributed by atoms with Gasteiger partial charge in [-0.15, -0.1) is 0 Å². The minimum atomic E-state index is -0.0834. The van der Waals surface area contributed by atoms with Gasteiger partial charge in [-0.05, 0) is 19.1 Å². The van der Waals surface area contributed by atoms with E-state index in [4.69, 9.17) is 0 Å². The Morgan fingerprint density at radius 2 is 2.29 bits per heavy atom. The number of imidazole rings is 1. The zero-order valence-electron chi connectivity index (χ0n) is 7.82. The van der Waals surface area contributed by atoms with Crippen molar-refractivity contribution >= 4 is 17.4 Å². The summed E-state index contributed by atoms with van der Waals surface area (Å²) in [7, 11) is 0. The first kappa shape index (κ1) is 8.74. The van der Waals surface area contributed by atoms with E-state index in [0.717, 1.165) is 16.9 Å². The number of amides is 1. The highest BCUT2D eigenvalue weighted by atomic mass is 16.1. The Kier molecular flexibility index (Phi) is 2.18. The number of H-pyrrole nitrogens is 1. The van der Waals surface area contributed by atoms with E-state index in [1.807, 2.05) is 31.2 Å². The van der Waals surface area contributed by atoms with Crippen molar-refractivity contribution < 1.29 is 4.79 Å². The van der Waals surface area contributed by atoms with E-state index in [2.05, 4.69) is 15.3 Å². The maximum Gasteiger partial charge on any atom is 0.207 e. The number of nitrogens with one attached hydrogen (secondary N) is 2. The van der Waals surface area contributed by atoms with Crippen molar-refractivity contribution in [1.29, 1.82) is 0 Å². The van der Waals surface area contributed by atoms with E-state index in [9.17, 15) is 4.79 Å². The number of benzene rings is 1. The van der Waals surface area contributed by atoms with Crippen molar-refractivity contribution in [3.63, 3.8) is 0 Å². The standard InChI is InChI=1S/C10H11N3O/c1-7(11-6-14)10-12-8-4-2-3-5-9(8)13-10/h2-7H,1H3,(H,11,14)(H,12,13). The Morgan fingerprint density at radius 3 is 3.00 bits per heavy atom. The Morgan fingerprint density at radius 1 is 1.50 bits per heavy atom. The third-order valence-corrected chi connectivity index (χ3v) is 2.14. The normalized spacial score (nSPS) is 12.6. The summed E-state index contributed by atoms with van der Waals surface area (Å²) < 4.78 is 0. The highest BCUT2D eigenvalue weighted by Crippen LogP contribution is 2.14. The lowest BCUT2D eigenvalue weighted by molar-refractivity contribution is -0.110. The summed E-state index contributed by atoms with van der Waals surface area (Å²) in [5, 5.41) is 2.65. The summed E-state index contributed by atoms with van der Waals surface area (Å²) in [5.74, 6) is 0.776. The molecule has 72 valence electrons. The molecule has 1 amide bonds. The molecule has 4 heteroatoms. The van der Waals surface area contributed by atoms with Crippen LogP contribution in [0.25, 0.3) is 11.0 Å². The monoisotopic (exact) mass is 189 g/mol. The van der Waals surface area contributed by atoms with Crippen LogP contribution in [0.2, 0.25) is 0 Å². The van der Waals surface area contributed by atoms with Crippen LogP contribution in [0.3, 0.4) is 0 Å². The van der Waals surface area contributed by atoms with Crippen molar-refractivity contribution in [2.24, 2.45) is 0 Å². The van der Waals surface area contributed by atoms with E-state index in [1.165, 1.54) is 0 Å². The first-order valence-electron chi connectivity index (χ1n) is 4.45. The Hall–Kier alpha value is -1.84. The maximum absolute atomic E-state index is 10.3. The van der Waals surface area contributed by atoms with Gasteiger partial charge in [0.1, 0.15) is 5.82 Å². The molecule has 0 spiro atoms. The van der Waals surface area contributed by atoms with Crippen LogP contribution < -0.4 is 5.32 Å². The molecule has 4 nitrogen and oxygen atoms in total. The van der Waals surface area contributed by atoms with Crippen LogP contribution in [-0.4, -0.2) is 16.4 Å². The molecule has 0 radical (unpaired) electrons. The van der Waals surface area contributed by atoms with E-state index < -0.39 is 0 Å². The smallest absolute Gasteiger partial charge is 0.207 e. The molecule has 0 saturated carbocycles. The first-order chi connectivity index (χ1) is 6.81. The first-order valence-corrected chi connectivity index (χ1v) is 4.45. The molecule has 14 heavy (non-hydrogen) atoms. The lowest BCUT2D eigenvalue weighted by atomic mass is 10.3. The van der Waals surface area contributed by atoms with Crippen LogP contribution in [0.1, 0.15) is 18.8 Å². The third kappa shape index (κ3) is 1.46. The topological polar surface area (TPSA) is 57.8 Å². The van der Waals surface area contributed by atoms with E-state index in [1.54, 1.807) is 0 Å². The number of hydrogen-bond acceptors (Lipinski definition) is 2. The van der Waals surface area contributed by atoms with Gasteiger partial charge in [0, 0.05) is 0 Å². The van der Waals surface area contributed by atoms with Crippen molar-refractivity contribution in [2.45, 2.75) is 13.0 Å². The molecule has 0 fully saturated rings. The molecule has 1 aromatic heterocycles. The van der Waals surface area contributed by atoms with Gasteiger partial charge in [0.25, 0.3) is 0 Å². The molecule has 2 aromatic rings. The summed E-state index contributed by atoms with van der Waals surface area (Å²) in [6, 6.07) is 7.69. The highest BCUT2D eigenvalue weighted by Gasteiger charge is 2.08. The number of aromatic nitrogens is 2. The molecular formula is C10H11N3O. The van der Waals surface area contributed by atoms with Crippen molar-refractivity contribution in [2.75, 3.05) is 0 Å². The highest BCUT2D eigenvalue weighted by molar-refractivity contribution is 5.74. The van der Waals surface area contributed by atoms with Gasteiger partial charge >= 0.3 is 0 Å². The van der Waals surface area contributed by atoms with E-state index in [-0.39, 0.29) is 6.04 Å². The predicted octanol–water partition coefficient (Wildman–Crippen LogP) is 1.37. The zero-order valence-corrected chi connectivity index (χ0v) is 7.82. The van der Waals surface area contributed by atoms with Gasteiger partial charge in [0.15, 0.2) is 0 Å². The lowest BCUT2D eigenvalue weighted by Gasteiger charge is -2.04. The minimum absolute atomic E-state index is 0.0834. The molecular weight excluding hydrogens is 178 g/mol. The molecule has 0 aliphatic rings. The number of nitrogens with zero attached hydrogens (tertiary/aromatic N) is 1. The van der Waals surface area contributed by atoms with Gasteiger partial charge in [-0.25, -0.2) is 4.98 Å². The van der Waals surface area contributed by atoms with Gasteiger partial charge in [-0.3, -0.25) is 4.79 Å². The summed E-state index contributed by atoms with van der Waals surface area (Å²) in [5.41, 5.74) is 1.91. The zero-order chi connectivity index (χ0) is 9.97. The fourth-order valence-corrected chi connectivity index (χ4v) is 1.36. The summed E-state index contributed by atoms with van der Waals surface area (Å²) in [6.07, 6.45) is 0.678. The maximum atomic E-state index is 10.3. The summed E-state index contributed by atoms with van der Waals surface area (Å²) in [4.78, 5) is 17.8. The number of carbonyl (C=O) groups excluding carboxylic acids is 1. The van der Waals surface area contributed by atoms with Crippen molar-refractivity contribution in [3.05, 3.63) is 30.1 Å². The molecule has 1 unspecified atom stereocenters. The lowest BCUT2D eigenvalue weighted by Crippen LogP contribution is -2.17. The third-order valence-electron chi connectivity index (χ3n) is 2.14. The molecule has 1 atom stereocenters. The molecule has 0 aliphatic carbocycles. The van der Waals surface area contributed by atoms with E-state index >= 15 is 0 Å². The molecule has 1 heterocycles. The fraction of sp³-hybridized carbons (Fsp3) is 0.200. The Balaban J connectivity index is 2.39. The number of aromatic amines is 1. The van der Waals surface area contributed by atoms with Crippen LogP contribution >= 0.6 is 0 Å². The summed E-state index contributed by atoms with van der Waals surface area (Å²) >= 11 is 0. The van der Waals surface area contributed by atoms with Crippen LogP contribution in [0.4, 0.5) is 0 Å². The number of rotatable bonds is 3. The van der Waals surface area contributed by atoms with Crippen LogP contribution in [0.5, 0.6) is 0 Å². The average Bonchev–Trinajstić information content (AvgIpc) is 2.61. The van der Waals surface area contributed by atoms with Crippen molar-refractivity contribution in [1.82, 2.24) is 15.3 Å². The Bertz CT molecular complexity index is 416. The number of para-hydroxylation sites is 2. The SMILES string of the molecule is CC(NC=O)c1nc2ccccc2[nH]1. The molecule has 2 N–H and O–H groups in total. The van der Waals surface area contributed by atoms with Gasteiger partial charge in [-0.2, -0.15) is 0 Å². The Labute approximate surface area is 81.3 Å². The quantitative estimate of drug-likeness (QED) is 0.716. The van der Waals surface area contributed by atoms with Gasteiger partial charge < -0.3 is 10.3 Å². The van der Waals surface area contributed by atoms with Gasteiger partial charge in [0.05, 0.1) is 17.1 Å². The molecule has 0 aliphatic heterocycles. The van der Waals surface area contributed by atoms with Gasteiger partial charge in [-0.1, -0.05) is 12.1 Å². The van der Waals surface area contributed by atoms with Crippen LogP contribution in [0, 0.1) is 0 Å². The fourth-order valence-electron chi connectivity index (χ4n) is 1.36. The van der Waals surface area contributed by atoms with Crippen LogP contribution in [-0.2, 0) is 4.79 Å². The number of hydrogen-bond donors (Lipinski definition) is 2. The molecule has 0 bridgehead atoms. The second-order valence-electron chi connectivity index (χ2n) is 3.15. The molecule has 0 saturated heterocycles. The number of fused-ring (bicyclic) bond motifs is 1. The van der Waals surface area contributed by atoms with Crippen molar-refractivity contribution in [3.8, 4) is 0 Å². The van der Waals surface area contributed by atoms with E-state index in [0.29, 0.717) is 6.41 Å². The summed E-state index contributed by atoms with van der Waals surface area (Å²) in [6.45, 7) is 1.88. The van der Waals surface area contributed by atoms with Gasteiger partial charge in [0.2, 0.25) is 6.41 Å². The predicted molar refractivity (Wildman–Crippen MR) is 53.7 cm³/mol. The average molecular weight is 189 g/mol. The molecule has 2 rings (SSSR count). The second kappa shape index (κ2) is 3.49. The second-order valence-corrected chi connectivity index (χ2v) is 3.15.